The minimum atomic E-state index is 0.143. The highest BCUT2D eigenvalue weighted by molar-refractivity contribution is 5.79. The monoisotopic (exact) mass is 342 g/mol. The minimum absolute atomic E-state index is 0.143. The highest BCUT2D eigenvalue weighted by Gasteiger charge is 2.29. The number of fused-ring (bicyclic) bond motifs is 1. The van der Waals surface area contributed by atoms with Crippen LogP contribution in [0, 0.1) is 17.8 Å². The summed E-state index contributed by atoms with van der Waals surface area (Å²) in [7, 11) is 0. The van der Waals surface area contributed by atoms with Gasteiger partial charge in [0.1, 0.15) is 0 Å². The fourth-order valence-electron chi connectivity index (χ4n) is 4.55. The van der Waals surface area contributed by atoms with Gasteiger partial charge in [-0.2, -0.15) is 0 Å². The number of carbonyl (C=O) groups excluding carboxylic acids is 1. The second-order valence-electron chi connectivity index (χ2n) is 8.60. The average Bonchev–Trinajstić information content (AvgIpc) is 3.42. The van der Waals surface area contributed by atoms with Gasteiger partial charge in [-0.3, -0.25) is 9.59 Å². The summed E-state index contributed by atoms with van der Waals surface area (Å²) >= 11 is 0. The first kappa shape index (κ1) is 16.9. The number of nitrogens with one attached hydrogen (secondary N) is 1. The van der Waals surface area contributed by atoms with E-state index in [4.69, 9.17) is 0 Å². The van der Waals surface area contributed by atoms with Crippen LogP contribution in [0.15, 0.2) is 16.9 Å². The second-order valence-corrected chi connectivity index (χ2v) is 8.60. The lowest BCUT2D eigenvalue weighted by molar-refractivity contribution is -0.127. The Hall–Kier alpha value is -1.58. The minimum Gasteiger partial charge on any atom is -0.353 e. The normalized spacial score (nSPS) is 29.1. The van der Waals surface area contributed by atoms with E-state index in [-0.39, 0.29) is 23.4 Å². The molecule has 4 heteroatoms. The van der Waals surface area contributed by atoms with Crippen molar-refractivity contribution in [3.8, 4) is 0 Å². The predicted octanol–water partition coefficient (Wildman–Crippen LogP) is 3.06. The summed E-state index contributed by atoms with van der Waals surface area (Å²) in [5.41, 5.74) is 2.62. The zero-order valence-corrected chi connectivity index (χ0v) is 15.3. The molecule has 1 aromatic rings. The molecule has 3 aliphatic rings. The summed E-state index contributed by atoms with van der Waals surface area (Å²) in [6, 6.07) is 3.93. The van der Waals surface area contributed by atoms with E-state index in [1.165, 1.54) is 36.9 Å². The molecule has 1 unspecified atom stereocenters. The van der Waals surface area contributed by atoms with Crippen LogP contribution in [-0.2, 0) is 24.2 Å². The van der Waals surface area contributed by atoms with Crippen molar-refractivity contribution in [3.63, 3.8) is 0 Å². The van der Waals surface area contributed by atoms with Gasteiger partial charge in [0.2, 0.25) is 5.91 Å². The summed E-state index contributed by atoms with van der Waals surface area (Å²) < 4.78 is 2.01. The van der Waals surface area contributed by atoms with Crippen molar-refractivity contribution >= 4 is 5.91 Å². The molecule has 2 saturated carbocycles. The third-order valence-electron chi connectivity index (χ3n) is 6.46. The van der Waals surface area contributed by atoms with E-state index in [1.54, 1.807) is 6.07 Å². The Morgan fingerprint density at radius 1 is 1.12 bits per heavy atom. The van der Waals surface area contributed by atoms with Crippen molar-refractivity contribution in [2.24, 2.45) is 17.8 Å². The predicted molar refractivity (Wildman–Crippen MR) is 98.5 cm³/mol. The summed E-state index contributed by atoms with van der Waals surface area (Å²) in [5.74, 6) is 1.94. The number of hydrogen-bond acceptors (Lipinski definition) is 2. The van der Waals surface area contributed by atoms with Crippen LogP contribution in [0.3, 0.4) is 0 Å². The topological polar surface area (TPSA) is 51.1 Å². The van der Waals surface area contributed by atoms with Crippen LogP contribution >= 0.6 is 0 Å². The Bertz CT molecular complexity index is 696. The van der Waals surface area contributed by atoms with E-state index in [9.17, 15) is 9.59 Å². The van der Waals surface area contributed by atoms with Gasteiger partial charge in [-0.15, -0.1) is 0 Å². The first-order valence-electron chi connectivity index (χ1n) is 10.1. The average molecular weight is 342 g/mol. The van der Waals surface area contributed by atoms with Gasteiger partial charge in [0, 0.05) is 30.3 Å². The van der Waals surface area contributed by atoms with E-state index in [2.05, 4.69) is 12.2 Å². The molecule has 1 heterocycles. The van der Waals surface area contributed by atoms with Gasteiger partial charge in [-0.1, -0.05) is 13.0 Å². The van der Waals surface area contributed by atoms with Crippen molar-refractivity contribution < 1.29 is 4.79 Å². The Morgan fingerprint density at radius 2 is 1.88 bits per heavy atom. The Labute approximate surface area is 150 Å². The Morgan fingerprint density at radius 3 is 2.60 bits per heavy atom. The molecule has 25 heavy (non-hydrogen) atoms. The van der Waals surface area contributed by atoms with Gasteiger partial charge in [-0.05, 0) is 75.2 Å². The van der Waals surface area contributed by atoms with E-state index in [0.717, 1.165) is 44.6 Å². The lowest BCUT2D eigenvalue weighted by Gasteiger charge is -2.31. The maximum atomic E-state index is 12.6. The third-order valence-corrected chi connectivity index (χ3v) is 6.46. The number of aromatic nitrogens is 1. The summed E-state index contributed by atoms with van der Waals surface area (Å²) in [4.78, 5) is 24.8. The quantitative estimate of drug-likeness (QED) is 0.914. The fraction of sp³-hybridized carbons (Fsp3) is 0.714. The smallest absolute Gasteiger partial charge is 0.250 e. The molecular formula is C21H30N2O2. The number of amides is 1. The molecule has 0 aliphatic heterocycles. The van der Waals surface area contributed by atoms with Crippen LogP contribution in [0.2, 0.25) is 0 Å². The maximum Gasteiger partial charge on any atom is 0.250 e. The highest BCUT2D eigenvalue weighted by Crippen LogP contribution is 2.32. The van der Waals surface area contributed by atoms with E-state index in [1.807, 2.05) is 10.6 Å². The van der Waals surface area contributed by atoms with Crippen molar-refractivity contribution in [3.05, 3.63) is 33.7 Å². The summed E-state index contributed by atoms with van der Waals surface area (Å²) in [6.45, 7) is 3.17. The zero-order chi connectivity index (χ0) is 17.4. The SMILES string of the molecule is CC1CCC(C(=O)NC2CCc3c(ccc(=O)n3CC3CC3)C2)CC1. The number of rotatable bonds is 4. The van der Waals surface area contributed by atoms with Crippen molar-refractivity contribution in [2.45, 2.75) is 77.3 Å². The zero-order valence-electron chi connectivity index (χ0n) is 15.3. The van der Waals surface area contributed by atoms with Gasteiger partial charge in [0.05, 0.1) is 0 Å². The number of hydrogen-bond donors (Lipinski definition) is 1. The van der Waals surface area contributed by atoms with Crippen molar-refractivity contribution in [1.82, 2.24) is 9.88 Å². The molecule has 136 valence electrons. The first-order valence-corrected chi connectivity index (χ1v) is 10.1. The lowest BCUT2D eigenvalue weighted by Crippen LogP contribution is -2.43. The standard InChI is InChI=1S/C21H30N2O2/c1-14-2-6-16(7-3-14)21(25)22-18-9-10-19-17(12-18)8-11-20(24)23(19)13-15-4-5-15/h8,11,14-16,18H,2-7,9-10,12-13H2,1H3,(H,22,25). The van der Waals surface area contributed by atoms with Crippen molar-refractivity contribution in [2.75, 3.05) is 0 Å². The molecule has 4 rings (SSSR count). The molecule has 1 aromatic heterocycles. The number of nitrogens with zero attached hydrogens (tertiary/aromatic N) is 1. The maximum absolute atomic E-state index is 12.6. The van der Waals surface area contributed by atoms with Crippen molar-refractivity contribution in [1.29, 1.82) is 0 Å². The lowest BCUT2D eigenvalue weighted by atomic mass is 9.82. The van der Waals surface area contributed by atoms with E-state index >= 15 is 0 Å². The van der Waals surface area contributed by atoms with E-state index < -0.39 is 0 Å². The van der Waals surface area contributed by atoms with Crippen LogP contribution < -0.4 is 10.9 Å². The number of carbonyl (C=O) groups is 1. The van der Waals surface area contributed by atoms with Crippen LogP contribution in [0.1, 0.15) is 63.1 Å². The largest absolute Gasteiger partial charge is 0.353 e. The summed E-state index contributed by atoms with van der Waals surface area (Å²) in [6.07, 6.45) is 9.69. The van der Waals surface area contributed by atoms with E-state index in [0.29, 0.717) is 5.92 Å². The van der Waals surface area contributed by atoms with Crippen LogP contribution in [0.4, 0.5) is 0 Å². The molecule has 1 N–H and O–H groups in total. The van der Waals surface area contributed by atoms with Gasteiger partial charge < -0.3 is 9.88 Å². The molecule has 0 saturated heterocycles. The molecular weight excluding hydrogens is 312 g/mol. The molecule has 2 fully saturated rings. The Kier molecular flexibility index (Phi) is 4.70. The molecule has 1 amide bonds. The molecule has 1 atom stereocenters. The molecule has 0 bridgehead atoms. The first-order chi connectivity index (χ1) is 12.1. The number of pyridine rings is 1. The molecule has 4 nitrogen and oxygen atoms in total. The van der Waals surface area contributed by atoms with Gasteiger partial charge in [0.15, 0.2) is 0 Å². The highest BCUT2D eigenvalue weighted by atomic mass is 16.2. The third kappa shape index (κ3) is 3.83. The molecule has 0 spiro atoms. The van der Waals surface area contributed by atoms with Crippen LogP contribution in [-0.4, -0.2) is 16.5 Å². The van der Waals surface area contributed by atoms with Crippen LogP contribution in [0.25, 0.3) is 0 Å². The molecule has 0 aromatic carbocycles. The van der Waals surface area contributed by atoms with Gasteiger partial charge in [-0.25, -0.2) is 0 Å². The summed E-state index contributed by atoms with van der Waals surface area (Å²) in [5, 5.41) is 3.31. The van der Waals surface area contributed by atoms with Crippen LogP contribution in [0.5, 0.6) is 0 Å². The van der Waals surface area contributed by atoms with Gasteiger partial charge >= 0.3 is 0 Å². The van der Waals surface area contributed by atoms with Gasteiger partial charge in [0.25, 0.3) is 5.56 Å². The molecule has 3 aliphatic carbocycles. The fourth-order valence-corrected chi connectivity index (χ4v) is 4.55. The molecule has 0 radical (unpaired) electrons. The Balaban J connectivity index is 1.41. The second kappa shape index (κ2) is 6.97.